The summed E-state index contributed by atoms with van der Waals surface area (Å²) in [4.78, 5) is 21.1. The average molecular weight is 154 g/mol. The van der Waals surface area contributed by atoms with E-state index in [4.69, 9.17) is 4.74 Å². The predicted molar refractivity (Wildman–Crippen MR) is 38.9 cm³/mol. The van der Waals surface area contributed by atoms with Crippen LogP contribution < -0.4 is 0 Å². The molecule has 11 heavy (non-hydrogen) atoms. The topological polar surface area (TPSA) is 43.4 Å². The number of carbonyl (C=O) groups is 2. The molecular weight excluding hydrogens is 144 g/mol. The van der Waals surface area contributed by atoms with Crippen LogP contribution in [0.1, 0.15) is 12.8 Å². The SMILES string of the molecule is C=CCC1OC(=O)C[C@H]1C=O. The molecular formula is C8H10O3. The van der Waals surface area contributed by atoms with Crippen molar-refractivity contribution in [1.82, 2.24) is 0 Å². The lowest BCUT2D eigenvalue weighted by atomic mass is 10.0. The summed E-state index contributed by atoms with van der Waals surface area (Å²) in [5, 5.41) is 0. The van der Waals surface area contributed by atoms with Crippen LogP contribution in [0.5, 0.6) is 0 Å². The largest absolute Gasteiger partial charge is 0.461 e. The van der Waals surface area contributed by atoms with E-state index in [9.17, 15) is 9.59 Å². The molecule has 0 radical (unpaired) electrons. The molecule has 0 aromatic heterocycles. The maximum Gasteiger partial charge on any atom is 0.306 e. The smallest absolute Gasteiger partial charge is 0.306 e. The second-order valence-electron chi connectivity index (χ2n) is 2.56. The van der Waals surface area contributed by atoms with E-state index < -0.39 is 0 Å². The highest BCUT2D eigenvalue weighted by molar-refractivity contribution is 5.77. The van der Waals surface area contributed by atoms with E-state index in [1.165, 1.54) is 0 Å². The van der Waals surface area contributed by atoms with Crippen LogP contribution in [0, 0.1) is 5.92 Å². The van der Waals surface area contributed by atoms with Crippen LogP contribution >= 0.6 is 0 Å². The van der Waals surface area contributed by atoms with Gasteiger partial charge in [0.05, 0.1) is 12.3 Å². The highest BCUT2D eigenvalue weighted by atomic mass is 16.5. The number of cyclic esters (lactones) is 1. The zero-order valence-corrected chi connectivity index (χ0v) is 6.16. The molecule has 1 aliphatic rings. The normalized spacial score (nSPS) is 29.6. The second-order valence-corrected chi connectivity index (χ2v) is 2.56. The Bertz CT molecular complexity index is 186. The Morgan fingerprint density at radius 1 is 1.73 bits per heavy atom. The number of aldehydes is 1. The van der Waals surface area contributed by atoms with E-state index >= 15 is 0 Å². The third kappa shape index (κ3) is 1.67. The molecule has 0 bridgehead atoms. The maximum absolute atomic E-state index is 10.7. The lowest BCUT2D eigenvalue weighted by Gasteiger charge is -2.08. The first-order valence-corrected chi connectivity index (χ1v) is 3.53. The van der Waals surface area contributed by atoms with E-state index in [0.29, 0.717) is 6.42 Å². The quantitative estimate of drug-likeness (QED) is 0.341. The maximum atomic E-state index is 10.7. The fourth-order valence-corrected chi connectivity index (χ4v) is 1.15. The fraction of sp³-hybridized carbons (Fsp3) is 0.500. The highest BCUT2D eigenvalue weighted by Gasteiger charge is 2.33. The number of hydrogen-bond donors (Lipinski definition) is 0. The molecule has 3 nitrogen and oxygen atoms in total. The van der Waals surface area contributed by atoms with Gasteiger partial charge in [-0.05, 0) is 0 Å². The van der Waals surface area contributed by atoms with Crippen molar-refractivity contribution in [3.8, 4) is 0 Å². The Morgan fingerprint density at radius 2 is 2.45 bits per heavy atom. The second kappa shape index (κ2) is 3.32. The summed E-state index contributed by atoms with van der Waals surface area (Å²) in [5.74, 6) is -0.547. The van der Waals surface area contributed by atoms with Crippen molar-refractivity contribution in [2.45, 2.75) is 18.9 Å². The van der Waals surface area contributed by atoms with Gasteiger partial charge in [0, 0.05) is 6.42 Å². The molecule has 60 valence electrons. The standard InChI is InChI=1S/C8H10O3/c1-2-3-7-6(5-9)4-8(10)11-7/h2,5-7H,1,3-4H2/t6-,7?/m0/s1. The lowest BCUT2D eigenvalue weighted by Crippen LogP contribution is -2.15. The van der Waals surface area contributed by atoms with Gasteiger partial charge in [-0.3, -0.25) is 4.79 Å². The minimum atomic E-state index is -0.283. The highest BCUT2D eigenvalue weighted by Crippen LogP contribution is 2.22. The molecule has 0 aromatic carbocycles. The molecule has 1 rings (SSSR count). The number of rotatable bonds is 3. The minimum Gasteiger partial charge on any atom is -0.461 e. The Balaban J connectivity index is 2.56. The Kier molecular flexibility index (Phi) is 2.41. The van der Waals surface area contributed by atoms with Crippen LogP contribution in [0.2, 0.25) is 0 Å². The summed E-state index contributed by atoms with van der Waals surface area (Å²) >= 11 is 0. The summed E-state index contributed by atoms with van der Waals surface area (Å²) in [5.41, 5.74) is 0. The summed E-state index contributed by atoms with van der Waals surface area (Å²) in [6.45, 7) is 3.51. The van der Waals surface area contributed by atoms with Crippen molar-refractivity contribution in [1.29, 1.82) is 0 Å². The molecule has 0 aromatic rings. The van der Waals surface area contributed by atoms with Crippen molar-refractivity contribution in [3.63, 3.8) is 0 Å². The molecule has 1 fully saturated rings. The molecule has 1 unspecified atom stereocenters. The van der Waals surface area contributed by atoms with E-state index in [2.05, 4.69) is 6.58 Å². The summed E-state index contributed by atoms with van der Waals surface area (Å²) in [6, 6.07) is 0. The first kappa shape index (κ1) is 7.98. The van der Waals surface area contributed by atoms with Gasteiger partial charge in [0.25, 0.3) is 0 Å². The molecule has 1 aliphatic heterocycles. The van der Waals surface area contributed by atoms with Crippen LogP contribution in [0.15, 0.2) is 12.7 Å². The van der Waals surface area contributed by atoms with Crippen molar-refractivity contribution >= 4 is 12.3 Å². The van der Waals surface area contributed by atoms with E-state index in [1.54, 1.807) is 6.08 Å². The minimum absolute atomic E-state index is 0.224. The van der Waals surface area contributed by atoms with Crippen molar-refractivity contribution in [3.05, 3.63) is 12.7 Å². The fourth-order valence-electron chi connectivity index (χ4n) is 1.15. The summed E-state index contributed by atoms with van der Waals surface area (Å²) in [6.07, 6.45) is 2.95. The van der Waals surface area contributed by atoms with Crippen LogP contribution in [0.3, 0.4) is 0 Å². The Labute approximate surface area is 65.0 Å². The van der Waals surface area contributed by atoms with Crippen molar-refractivity contribution in [2.24, 2.45) is 5.92 Å². The number of carbonyl (C=O) groups excluding carboxylic acids is 2. The first-order chi connectivity index (χ1) is 5.27. The molecule has 0 amide bonds. The number of hydrogen-bond acceptors (Lipinski definition) is 3. The van der Waals surface area contributed by atoms with Crippen molar-refractivity contribution < 1.29 is 14.3 Å². The molecule has 1 saturated heterocycles. The molecule has 2 atom stereocenters. The average Bonchev–Trinajstić information content (AvgIpc) is 2.32. The van der Waals surface area contributed by atoms with Crippen LogP contribution in [0.25, 0.3) is 0 Å². The zero-order chi connectivity index (χ0) is 8.27. The lowest BCUT2D eigenvalue weighted by molar-refractivity contribution is -0.141. The monoisotopic (exact) mass is 154 g/mol. The van der Waals surface area contributed by atoms with E-state index in [-0.39, 0.29) is 24.4 Å². The molecule has 0 aliphatic carbocycles. The summed E-state index contributed by atoms with van der Waals surface area (Å²) in [7, 11) is 0. The van der Waals surface area contributed by atoms with Gasteiger partial charge in [-0.2, -0.15) is 0 Å². The van der Waals surface area contributed by atoms with Crippen molar-refractivity contribution in [2.75, 3.05) is 0 Å². The Hall–Kier alpha value is -1.12. The number of ether oxygens (including phenoxy) is 1. The summed E-state index contributed by atoms with van der Waals surface area (Å²) < 4.78 is 4.86. The third-order valence-corrected chi connectivity index (χ3v) is 1.74. The van der Waals surface area contributed by atoms with Gasteiger partial charge in [-0.25, -0.2) is 0 Å². The molecule has 1 heterocycles. The van der Waals surface area contributed by atoms with Crippen LogP contribution in [0.4, 0.5) is 0 Å². The third-order valence-electron chi connectivity index (χ3n) is 1.74. The molecule has 0 N–H and O–H groups in total. The first-order valence-electron chi connectivity index (χ1n) is 3.53. The van der Waals surface area contributed by atoms with Gasteiger partial charge in [0.2, 0.25) is 0 Å². The molecule has 3 heteroatoms. The molecule has 0 saturated carbocycles. The zero-order valence-electron chi connectivity index (χ0n) is 6.16. The van der Waals surface area contributed by atoms with Gasteiger partial charge in [-0.15, -0.1) is 6.58 Å². The van der Waals surface area contributed by atoms with E-state index in [1.807, 2.05) is 0 Å². The van der Waals surface area contributed by atoms with Gasteiger partial charge in [0.15, 0.2) is 0 Å². The Morgan fingerprint density at radius 3 is 3.00 bits per heavy atom. The number of esters is 1. The van der Waals surface area contributed by atoms with Gasteiger partial charge in [-0.1, -0.05) is 6.08 Å². The van der Waals surface area contributed by atoms with Crippen LogP contribution in [-0.2, 0) is 14.3 Å². The van der Waals surface area contributed by atoms with E-state index in [0.717, 1.165) is 6.29 Å². The van der Waals surface area contributed by atoms with Gasteiger partial charge < -0.3 is 9.53 Å². The van der Waals surface area contributed by atoms with Crippen LogP contribution in [-0.4, -0.2) is 18.4 Å². The predicted octanol–water partition coefficient (Wildman–Crippen LogP) is 0.693. The van der Waals surface area contributed by atoms with Gasteiger partial charge in [0.1, 0.15) is 12.4 Å². The van der Waals surface area contributed by atoms with Gasteiger partial charge >= 0.3 is 5.97 Å². The molecule has 0 spiro atoms.